The summed E-state index contributed by atoms with van der Waals surface area (Å²) in [5.74, 6) is 0.735. The molecule has 4 nitrogen and oxygen atoms in total. The third-order valence-electron chi connectivity index (χ3n) is 2.86. The Balaban J connectivity index is 0.000001000. The molecule has 0 atom stereocenters. The van der Waals surface area contributed by atoms with Gasteiger partial charge in [0.1, 0.15) is 11.2 Å². The van der Waals surface area contributed by atoms with Crippen LogP contribution in [0, 0.1) is 0 Å². The summed E-state index contributed by atoms with van der Waals surface area (Å²) in [5, 5.41) is 5.01. The number of benzene rings is 2. The molecule has 0 aromatic heterocycles. The summed E-state index contributed by atoms with van der Waals surface area (Å²) in [6.07, 6.45) is 0. The molecule has 2 aliphatic rings. The summed E-state index contributed by atoms with van der Waals surface area (Å²) in [6.45, 7) is 0. The van der Waals surface area contributed by atoms with Crippen LogP contribution in [0.25, 0.3) is 27.9 Å². The van der Waals surface area contributed by atoms with E-state index in [0.29, 0.717) is 0 Å². The molecule has 0 bridgehead atoms. The monoisotopic (exact) mass is 612 g/mol. The smallest absolute Gasteiger partial charge is 0.155 e. The average Bonchev–Trinajstić information content (AvgIpc) is 2.43. The molecule has 1 aromatic carbocycles. The van der Waals surface area contributed by atoms with E-state index in [9.17, 15) is 0 Å². The summed E-state index contributed by atoms with van der Waals surface area (Å²) in [7, 11) is 3.51. The Morgan fingerprint density at radius 3 is 2.60 bits per heavy atom. The molecule has 20 heavy (non-hydrogen) atoms. The van der Waals surface area contributed by atoms with Crippen LogP contribution in [-0.2, 0) is 40.8 Å². The Morgan fingerprint density at radius 1 is 1.10 bits per heavy atom. The van der Waals surface area contributed by atoms with Crippen LogP contribution in [0.2, 0.25) is 0 Å². The van der Waals surface area contributed by atoms with Gasteiger partial charge in [0.25, 0.3) is 0 Å². The average molecular weight is 611 g/mol. The van der Waals surface area contributed by atoms with E-state index < -0.39 is 0 Å². The second kappa shape index (κ2) is 7.11. The number of fused-ring (bicyclic) bond motifs is 2. The van der Waals surface area contributed by atoms with Crippen LogP contribution in [0.15, 0.2) is 45.8 Å². The normalized spacial score (nSPS) is 11.0. The van der Waals surface area contributed by atoms with E-state index in [0.717, 1.165) is 33.6 Å². The van der Waals surface area contributed by atoms with Crippen molar-refractivity contribution >= 4 is 16.8 Å². The van der Waals surface area contributed by atoms with Crippen LogP contribution in [-0.4, -0.2) is 19.1 Å². The number of aromatic nitrogens is 1. The summed E-state index contributed by atoms with van der Waals surface area (Å²) in [4.78, 5) is 8.68. The van der Waals surface area contributed by atoms with Crippen LogP contribution in [0.4, 0.5) is 5.69 Å². The van der Waals surface area contributed by atoms with Crippen LogP contribution in [0.5, 0.6) is 0 Å². The number of nitrogens with zero attached hydrogens (tertiary/aromatic N) is 3. The molecular weight excluding hydrogens is 599 g/mol. The van der Waals surface area contributed by atoms with Crippen LogP contribution in [0.1, 0.15) is 0 Å². The first-order valence-corrected chi connectivity index (χ1v) is 5.67. The van der Waals surface area contributed by atoms with E-state index in [4.69, 9.17) is 4.42 Å². The third-order valence-corrected chi connectivity index (χ3v) is 2.86. The van der Waals surface area contributed by atoms with Gasteiger partial charge in [0.05, 0.1) is 5.36 Å². The van der Waals surface area contributed by atoms with Crippen molar-refractivity contribution in [3.8, 4) is 11.5 Å². The van der Waals surface area contributed by atoms with Crippen molar-refractivity contribution < 1.29 is 45.3 Å². The molecule has 6 heteroatoms. The minimum absolute atomic E-state index is 0. The quantitative estimate of drug-likeness (QED) is 0.398. The fraction of sp³-hybridized carbons (Fsp3) is 0.143. The molecule has 0 saturated heterocycles. The van der Waals surface area contributed by atoms with Crippen molar-refractivity contribution in [3.63, 3.8) is 0 Å². The van der Waals surface area contributed by atoms with Crippen molar-refractivity contribution in [3.05, 3.63) is 47.1 Å². The Kier molecular flexibility index (Phi) is 6.05. The molecule has 0 N–H and O–H groups in total. The minimum atomic E-state index is 0. The molecule has 0 spiro atoms. The van der Waals surface area contributed by atoms with Gasteiger partial charge in [-0.05, 0) is 24.3 Å². The van der Waals surface area contributed by atoms with Gasteiger partial charge < -0.3 is 9.73 Å². The molecule has 1 aliphatic heterocycles. The summed E-state index contributed by atoms with van der Waals surface area (Å²) < 4.78 is 5.85. The molecule has 0 saturated carbocycles. The molecule has 0 unspecified atom stereocenters. The molecule has 0 amide bonds. The molecular formula is C14H12N3ORe2-. The van der Waals surface area contributed by atoms with Gasteiger partial charge in [-0.25, -0.2) is 4.98 Å². The molecule has 2 radical (unpaired) electrons. The Morgan fingerprint density at radius 2 is 1.90 bits per heavy atom. The van der Waals surface area contributed by atoms with E-state index in [-0.39, 0.29) is 40.8 Å². The van der Waals surface area contributed by atoms with Gasteiger partial charge in [-0.2, -0.15) is 0 Å². The Labute approximate surface area is 144 Å². The van der Waals surface area contributed by atoms with Gasteiger partial charge in [0.2, 0.25) is 0 Å². The Hall–Kier alpha value is -1.04. The molecule has 1 aromatic rings. The van der Waals surface area contributed by atoms with Crippen molar-refractivity contribution in [1.82, 2.24) is 4.98 Å². The van der Waals surface area contributed by atoms with Crippen molar-refractivity contribution in [1.29, 1.82) is 0 Å². The fourth-order valence-electron chi connectivity index (χ4n) is 1.88. The summed E-state index contributed by atoms with van der Waals surface area (Å²) in [6, 6.07) is 11.4. The predicted molar refractivity (Wildman–Crippen MR) is 71.1 cm³/mol. The minimum Gasteiger partial charge on any atom is -0.687 e. The topological polar surface area (TPSA) is 52.5 Å². The van der Waals surface area contributed by atoms with E-state index in [2.05, 4.69) is 15.3 Å². The molecule has 0 fully saturated rings. The zero-order valence-electron chi connectivity index (χ0n) is 11.0. The number of hydrogen-bond acceptors (Lipinski definition) is 3. The maximum absolute atomic E-state index is 5.85. The van der Waals surface area contributed by atoms with Gasteiger partial charge >= 0.3 is 0 Å². The number of rotatable bonds is 1. The first-order valence-electron chi connectivity index (χ1n) is 5.67. The Bertz CT molecular complexity index is 755. The zero-order chi connectivity index (χ0) is 12.5. The van der Waals surface area contributed by atoms with Crippen molar-refractivity contribution in [2.45, 2.75) is 0 Å². The SMILES string of the molecule is CN=c1ccc2nc3ccc([N-]C)cc3oc-2c1.[Re].[Re]. The van der Waals surface area contributed by atoms with Gasteiger partial charge in [-0.3, -0.25) is 4.99 Å². The van der Waals surface area contributed by atoms with Crippen LogP contribution in [0.3, 0.4) is 0 Å². The van der Waals surface area contributed by atoms with Gasteiger partial charge in [0, 0.05) is 54.0 Å². The standard InChI is InChI=1S/C14H12N3O.2Re/c1-15-9-3-5-11-13(7-9)18-14-8-10(16-2)4-6-12(14)17-11;;/h3-8H,1-2H3;;/q-1;;. The maximum atomic E-state index is 5.85. The van der Waals surface area contributed by atoms with E-state index in [1.54, 1.807) is 14.1 Å². The van der Waals surface area contributed by atoms with E-state index in [1.165, 1.54) is 0 Å². The van der Waals surface area contributed by atoms with Crippen molar-refractivity contribution in [2.24, 2.45) is 4.99 Å². The first-order chi connectivity index (χ1) is 8.80. The second-order valence-electron chi connectivity index (χ2n) is 3.97. The van der Waals surface area contributed by atoms with E-state index >= 15 is 0 Å². The molecule has 1 aliphatic carbocycles. The largest absolute Gasteiger partial charge is 0.687 e. The van der Waals surface area contributed by atoms with Gasteiger partial charge in [-0.15, -0.1) is 12.7 Å². The van der Waals surface area contributed by atoms with E-state index in [1.807, 2.05) is 36.4 Å². The van der Waals surface area contributed by atoms with Gasteiger partial charge in [-0.1, -0.05) is 6.07 Å². The summed E-state index contributed by atoms with van der Waals surface area (Å²) >= 11 is 0. The predicted octanol–water partition coefficient (Wildman–Crippen LogP) is 3.09. The van der Waals surface area contributed by atoms with Crippen LogP contribution < -0.4 is 5.36 Å². The molecule has 104 valence electrons. The molecule has 1 heterocycles. The third kappa shape index (κ3) is 3.16. The first kappa shape index (κ1) is 17.0. The van der Waals surface area contributed by atoms with Crippen molar-refractivity contribution in [2.75, 3.05) is 14.1 Å². The fourth-order valence-corrected chi connectivity index (χ4v) is 1.88. The number of hydrogen-bond donors (Lipinski definition) is 0. The second-order valence-corrected chi connectivity index (χ2v) is 3.97. The molecule has 3 rings (SSSR count). The zero-order valence-corrected chi connectivity index (χ0v) is 16.4. The van der Waals surface area contributed by atoms with Crippen LogP contribution >= 0.6 is 0 Å². The maximum Gasteiger partial charge on any atom is 0.155 e. The summed E-state index contributed by atoms with van der Waals surface area (Å²) in [5.41, 5.74) is 3.27. The van der Waals surface area contributed by atoms with Gasteiger partial charge in [0.15, 0.2) is 11.3 Å².